The lowest BCUT2D eigenvalue weighted by Crippen LogP contribution is -2.34. The number of benzene rings is 1. The van der Waals surface area contributed by atoms with Crippen LogP contribution in [-0.4, -0.2) is 35.8 Å². The first kappa shape index (κ1) is 17.3. The van der Waals surface area contributed by atoms with Crippen molar-refractivity contribution in [3.05, 3.63) is 41.4 Å². The maximum atomic E-state index is 12.2. The highest BCUT2D eigenvalue weighted by atomic mass is 32.1. The lowest BCUT2D eigenvalue weighted by Gasteiger charge is -2.09. The summed E-state index contributed by atoms with van der Waals surface area (Å²) in [6.45, 7) is 3.51. The molecule has 0 fully saturated rings. The van der Waals surface area contributed by atoms with Gasteiger partial charge in [0, 0.05) is 23.7 Å². The quantitative estimate of drug-likeness (QED) is 0.590. The highest BCUT2D eigenvalue weighted by molar-refractivity contribution is 7.80. The standard InChI is InChI=1S/C15H17N3O3S2/c1-2-20-7-8-21-12-5-3-4-11(10-12)13(19)17-14(22)18-15-16-6-9-23-15/h3-6,9-10H,2,7-8H2,1H3,(H2,16,17,18,19,22). The van der Waals surface area contributed by atoms with Crippen molar-refractivity contribution < 1.29 is 14.3 Å². The molecule has 0 bridgehead atoms. The van der Waals surface area contributed by atoms with Crippen LogP contribution in [0.3, 0.4) is 0 Å². The van der Waals surface area contributed by atoms with Crippen molar-refractivity contribution in [2.45, 2.75) is 6.92 Å². The third kappa shape index (κ3) is 5.93. The van der Waals surface area contributed by atoms with E-state index in [0.29, 0.717) is 36.3 Å². The second-order valence-electron chi connectivity index (χ2n) is 4.32. The summed E-state index contributed by atoms with van der Waals surface area (Å²) >= 11 is 6.48. The lowest BCUT2D eigenvalue weighted by molar-refractivity contribution is 0.0976. The summed E-state index contributed by atoms with van der Waals surface area (Å²) in [5, 5.41) is 8.10. The van der Waals surface area contributed by atoms with Gasteiger partial charge in [-0.15, -0.1) is 11.3 Å². The van der Waals surface area contributed by atoms with Crippen molar-refractivity contribution in [3.8, 4) is 5.75 Å². The number of nitrogens with one attached hydrogen (secondary N) is 2. The molecule has 1 amide bonds. The topological polar surface area (TPSA) is 72.5 Å². The summed E-state index contributed by atoms with van der Waals surface area (Å²) in [5.74, 6) is 0.297. The second kappa shape index (κ2) is 9.19. The Morgan fingerprint density at radius 3 is 3.00 bits per heavy atom. The monoisotopic (exact) mass is 351 g/mol. The average Bonchev–Trinajstić information content (AvgIpc) is 3.04. The van der Waals surface area contributed by atoms with E-state index in [2.05, 4.69) is 15.6 Å². The molecule has 0 saturated heterocycles. The molecule has 1 heterocycles. The Morgan fingerprint density at radius 1 is 1.39 bits per heavy atom. The van der Waals surface area contributed by atoms with Gasteiger partial charge >= 0.3 is 0 Å². The van der Waals surface area contributed by atoms with Gasteiger partial charge in [-0.05, 0) is 37.3 Å². The van der Waals surface area contributed by atoms with Crippen LogP contribution in [-0.2, 0) is 4.74 Å². The summed E-state index contributed by atoms with van der Waals surface area (Å²) in [5.41, 5.74) is 0.460. The van der Waals surface area contributed by atoms with E-state index >= 15 is 0 Å². The molecule has 1 aromatic heterocycles. The number of aromatic nitrogens is 1. The summed E-state index contributed by atoms with van der Waals surface area (Å²) < 4.78 is 10.7. The molecule has 1 aromatic carbocycles. The molecular weight excluding hydrogens is 334 g/mol. The van der Waals surface area contributed by atoms with Crippen LogP contribution in [0.2, 0.25) is 0 Å². The molecular formula is C15H17N3O3S2. The Hall–Kier alpha value is -2.03. The van der Waals surface area contributed by atoms with Crippen LogP contribution in [0, 0.1) is 0 Å². The minimum Gasteiger partial charge on any atom is -0.491 e. The van der Waals surface area contributed by atoms with Gasteiger partial charge in [0.15, 0.2) is 10.2 Å². The predicted molar refractivity (Wildman–Crippen MR) is 94.2 cm³/mol. The van der Waals surface area contributed by atoms with Crippen molar-refractivity contribution in [1.82, 2.24) is 10.3 Å². The zero-order chi connectivity index (χ0) is 16.5. The summed E-state index contributed by atoms with van der Waals surface area (Å²) in [4.78, 5) is 16.2. The summed E-state index contributed by atoms with van der Waals surface area (Å²) in [6.07, 6.45) is 1.65. The highest BCUT2D eigenvalue weighted by Crippen LogP contribution is 2.14. The van der Waals surface area contributed by atoms with Gasteiger partial charge < -0.3 is 14.8 Å². The first-order valence-corrected chi connectivity index (χ1v) is 8.30. The van der Waals surface area contributed by atoms with Gasteiger partial charge in [-0.3, -0.25) is 10.1 Å². The lowest BCUT2D eigenvalue weighted by atomic mass is 10.2. The van der Waals surface area contributed by atoms with E-state index < -0.39 is 0 Å². The number of amides is 1. The predicted octanol–water partition coefficient (Wildman–Crippen LogP) is 2.69. The van der Waals surface area contributed by atoms with Crippen molar-refractivity contribution in [2.24, 2.45) is 0 Å². The van der Waals surface area contributed by atoms with E-state index in [4.69, 9.17) is 21.7 Å². The van der Waals surface area contributed by atoms with E-state index in [0.717, 1.165) is 0 Å². The number of hydrogen-bond donors (Lipinski definition) is 2. The number of rotatable bonds is 7. The molecule has 0 saturated carbocycles. The number of thiocarbonyl (C=S) groups is 1. The fourth-order valence-corrected chi connectivity index (χ4v) is 2.47. The molecule has 0 spiro atoms. The maximum Gasteiger partial charge on any atom is 0.257 e. The number of carbonyl (C=O) groups is 1. The van der Waals surface area contributed by atoms with Crippen molar-refractivity contribution in [2.75, 3.05) is 25.1 Å². The van der Waals surface area contributed by atoms with E-state index in [1.54, 1.807) is 30.5 Å². The number of hydrogen-bond acceptors (Lipinski definition) is 6. The molecule has 0 unspecified atom stereocenters. The van der Waals surface area contributed by atoms with Gasteiger partial charge in [-0.1, -0.05) is 6.07 Å². The fourth-order valence-electron chi connectivity index (χ4n) is 1.68. The Morgan fingerprint density at radius 2 is 2.26 bits per heavy atom. The largest absolute Gasteiger partial charge is 0.491 e. The van der Waals surface area contributed by atoms with Crippen LogP contribution in [0.25, 0.3) is 0 Å². The molecule has 0 atom stereocenters. The number of nitrogens with zero attached hydrogens (tertiary/aromatic N) is 1. The van der Waals surface area contributed by atoms with E-state index in [-0.39, 0.29) is 11.0 Å². The summed E-state index contributed by atoms with van der Waals surface area (Å²) in [7, 11) is 0. The van der Waals surface area contributed by atoms with Gasteiger partial charge in [0.1, 0.15) is 12.4 Å². The van der Waals surface area contributed by atoms with Crippen molar-refractivity contribution >= 4 is 39.7 Å². The van der Waals surface area contributed by atoms with Gasteiger partial charge in [-0.25, -0.2) is 4.98 Å². The Balaban J connectivity index is 1.87. The summed E-state index contributed by atoms with van der Waals surface area (Å²) in [6, 6.07) is 6.89. The van der Waals surface area contributed by atoms with E-state index in [1.165, 1.54) is 11.3 Å². The van der Waals surface area contributed by atoms with Gasteiger partial charge in [0.2, 0.25) is 0 Å². The zero-order valence-electron chi connectivity index (χ0n) is 12.6. The Labute approximate surface area is 143 Å². The average molecular weight is 351 g/mol. The number of carbonyl (C=O) groups excluding carboxylic acids is 1. The van der Waals surface area contributed by atoms with Crippen molar-refractivity contribution in [1.29, 1.82) is 0 Å². The first-order chi connectivity index (χ1) is 11.2. The molecule has 23 heavy (non-hydrogen) atoms. The number of ether oxygens (including phenoxy) is 2. The fraction of sp³-hybridized carbons (Fsp3) is 0.267. The number of anilines is 1. The molecule has 8 heteroatoms. The zero-order valence-corrected chi connectivity index (χ0v) is 14.2. The molecule has 0 aliphatic carbocycles. The van der Waals surface area contributed by atoms with Gasteiger partial charge in [-0.2, -0.15) is 0 Å². The van der Waals surface area contributed by atoms with Crippen LogP contribution in [0.5, 0.6) is 5.75 Å². The molecule has 2 N–H and O–H groups in total. The number of thiazole rings is 1. The minimum absolute atomic E-state index is 0.201. The van der Waals surface area contributed by atoms with E-state index in [9.17, 15) is 4.79 Å². The Kier molecular flexibility index (Phi) is 6.92. The molecule has 6 nitrogen and oxygen atoms in total. The molecule has 2 rings (SSSR count). The second-order valence-corrected chi connectivity index (χ2v) is 5.62. The van der Waals surface area contributed by atoms with Gasteiger partial charge in [0.25, 0.3) is 5.91 Å². The third-order valence-electron chi connectivity index (χ3n) is 2.68. The normalized spacial score (nSPS) is 10.1. The molecule has 0 aliphatic rings. The molecule has 0 aliphatic heterocycles. The van der Waals surface area contributed by atoms with Crippen LogP contribution in [0.15, 0.2) is 35.8 Å². The van der Waals surface area contributed by atoms with Crippen LogP contribution < -0.4 is 15.4 Å². The highest BCUT2D eigenvalue weighted by Gasteiger charge is 2.09. The van der Waals surface area contributed by atoms with Crippen LogP contribution >= 0.6 is 23.6 Å². The minimum atomic E-state index is -0.311. The maximum absolute atomic E-state index is 12.2. The molecule has 122 valence electrons. The SMILES string of the molecule is CCOCCOc1cccc(C(=O)NC(=S)Nc2nccs2)c1. The molecule has 2 aromatic rings. The van der Waals surface area contributed by atoms with Crippen LogP contribution in [0.1, 0.15) is 17.3 Å². The third-order valence-corrected chi connectivity index (χ3v) is 3.57. The van der Waals surface area contributed by atoms with E-state index in [1.807, 2.05) is 12.3 Å². The Bertz CT molecular complexity index is 647. The smallest absolute Gasteiger partial charge is 0.257 e. The van der Waals surface area contributed by atoms with Crippen molar-refractivity contribution in [3.63, 3.8) is 0 Å². The van der Waals surface area contributed by atoms with Gasteiger partial charge in [0.05, 0.1) is 6.61 Å². The first-order valence-electron chi connectivity index (χ1n) is 7.01. The van der Waals surface area contributed by atoms with Crippen LogP contribution in [0.4, 0.5) is 5.13 Å². The molecule has 0 radical (unpaired) electrons.